The van der Waals surface area contributed by atoms with E-state index in [9.17, 15) is 4.79 Å². The molecular weight excluding hydrogens is 1080 g/mol. The van der Waals surface area contributed by atoms with Crippen molar-refractivity contribution < 1.29 is 62.3 Å². The Bertz CT molecular complexity index is 3340. The predicted octanol–water partition coefficient (Wildman–Crippen LogP) is -7.55. The summed E-state index contributed by atoms with van der Waals surface area (Å²) < 4.78 is 0. The molecule has 41 nitrogen and oxygen atoms in total. The van der Waals surface area contributed by atoms with Crippen molar-refractivity contribution in [3.63, 3.8) is 0 Å². The molecule has 1 N–H and O–H groups in total. The third kappa shape index (κ3) is 4.07. The number of hydrazine groups is 2. The van der Waals surface area contributed by atoms with Crippen LogP contribution in [0.3, 0.4) is 0 Å². The molecule has 14 atom stereocenters. The van der Waals surface area contributed by atoms with Gasteiger partial charge in [-0.1, -0.05) is 0 Å². The number of hydrogen-bond donors (Lipinski definition) is 1. The summed E-state index contributed by atoms with van der Waals surface area (Å²) in [5.74, 6) is 0. The first-order valence-electron chi connectivity index (χ1n) is 26.6. The van der Waals surface area contributed by atoms with Crippen LogP contribution in [0.25, 0.3) is 0 Å². The number of nitrogens with one attached hydrogen (secondary N) is 1. The van der Waals surface area contributed by atoms with Crippen molar-refractivity contribution in [3.05, 3.63) is 0 Å². The Hall–Kier alpha value is -9.41. The lowest BCUT2D eigenvalue weighted by Crippen LogP contribution is -2.79. The van der Waals surface area contributed by atoms with Gasteiger partial charge in [-0.2, -0.15) is 10.0 Å². The van der Waals surface area contributed by atoms with E-state index in [2.05, 4.69) is 5.32 Å². The third-order valence-electron chi connectivity index (χ3n) is 21.0. The highest BCUT2D eigenvalue weighted by molar-refractivity contribution is 5.94. The maximum atomic E-state index is 15.5. The largest absolute Gasteiger partial charge is 0.344 e. The van der Waals surface area contributed by atoms with Gasteiger partial charge in [0.15, 0.2) is 67.8 Å². The second-order valence-electron chi connectivity index (χ2n) is 23.8. The van der Waals surface area contributed by atoms with E-state index in [-0.39, 0.29) is 20.0 Å². The zero-order chi connectivity index (χ0) is 54.2. The number of carbonyl (C=O) groups is 13. The van der Waals surface area contributed by atoms with Gasteiger partial charge < -0.3 is 4.90 Å². The summed E-state index contributed by atoms with van der Waals surface area (Å²) in [6, 6.07) is -8.13. The molecule has 0 radical (unpaired) electrons. The monoisotopic (exact) mass is 1120 g/mol. The molecule has 21 aliphatic rings. The van der Waals surface area contributed by atoms with Crippen LogP contribution in [-0.4, -0.2) is 385 Å². The molecule has 0 aliphatic carbocycles. The van der Waals surface area contributed by atoms with Gasteiger partial charge in [-0.25, -0.2) is 67.6 Å². The molecule has 0 aromatic rings. The summed E-state index contributed by atoms with van der Waals surface area (Å²) in [6.07, 6.45) is -15.6. The molecule has 0 saturated carbocycles. The van der Waals surface area contributed by atoms with Crippen LogP contribution in [0, 0.1) is 0 Å². The lowest BCUT2D eigenvalue weighted by molar-refractivity contribution is -0.291. The summed E-state index contributed by atoms with van der Waals surface area (Å²) in [7, 11) is 0. The summed E-state index contributed by atoms with van der Waals surface area (Å²) in [4.78, 5) is 228. The molecule has 21 rings (SSSR count). The molecule has 9 unspecified atom stereocenters. The van der Waals surface area contributed by atoms with Gasteiger partial charge in [0.1, 0.15) is 85.2 Å². The summed E-state index contributed by atoms with van der Waals surface area (Å²) in [5, 5.41) is 9.17. The van der Waals surface area contributed by atoms with E-state index in [0.717, 1.165) is 0 Å². The van der Waals surface area contributed by atoms with Crippen LogP contribution in [0.15, 0.2) is 0 Å². The first-order valence-corrected chi connectivity index (χ1v) is 26.6. The Morgan fingerprint density at radius 3 is 0.889 bits per heavy atom. The Morgan fingerprint density at radius 2 is 0.494 bits per heavy atom. The molecule has 0 aromatic carbocycles. The van der Waals surface area contributed by atoms with Gasteiger partial charge in [0.05, 0.1) is 20.0 Å². The highest BCUT2D eigenvalue weighted by Gasteiger charge is 2.78. The van der Waals surface area contributed by atoms with Gasteiger partial charge in [0.25, 0.3) is 0 Å². The molecule has 0 spiro atoms. The van der Waals surface area contributed by atoms with Gasteiger partial charge in [0.2, 0.25) is 6.41 Å². The molecule has 41 heteroatoms. The molecule has 25 amide bonds. The number of carbonyl (C=O) groups excluding carboxylic acids is 13. The first-order chi connectivity index (χ1) is 39.2. The van der Waals surface area contributed by atoms with Crippen LogP contribution < -0.4 is 5.32 Å². The lowest BCUT2D eigenvalue weighted by Gasteiger charge is -2.57. The Morgan fingerprint density at radius 1 is 0.247 bits per heavy atom. The van der Waals surface area contributed by atoms with E-state index in [1.807, 2.05) is 0 Å². The zero-order valence-electron chi connectivity index (χ0n) is 41.7. The quantitative estimate of drug-likeness (QED) is 0.239. The Balaban J connectivity index is 0.755. The van der Waals surface area contributed by atoms with Crippen LogP contribution in [0.5, 0.6) is 0 Å². The molecule has 21 fully saturated rings. The minimum atomic E-state index is -1.29. The fourth-order valence-electron chi connectivity index (χ4n) is 17.8. The van der Waals surface area contributed by atoms with E-state index < -0.39 is 225 Å². The van der Waals surface area contributed by atoms with Crippen LogP contribution in [0.2, 0.25) is 0 Å². The number of hydrogen-bond acceptors (Lipinski definition) is 16. The number of fused-ring (bicyclic) bond motifs is 2. The Kier molecular flexibility index (Phi) is 6.63. The SMILES string of the molecule is O=CN1CN2C(=O)N3CN4C(=O)N5CN6C(=O)N7C8[C@H]6N6CN9C(=O)N(CN%10C(=O)N(CN%11C(=O)N%12CN%13C(=O)N%14CN%15C(=O)N%16CN%17C(=O)N(CN86)C6C%17N(CN8C(=O)N(CN%17C(=O)N(CNC%12C1%11)C%13C%17%14)C%15C%168)C(=O)N67)[C@@H]2[C@@H]3%10)[C@@H]4[C@@H]59. The van der Waals surface area contributed by atoms with Crippen LogP contribution in [-0.2, 0) is 4.79 Å². The minimum Gasteiger partial charge on any atom is -0.303 e. The molecule has 420 valence electrons. The second-order valence-corrected chi connectivity index (χ2v) is 23.8. The van der Waals surface area contributed by atoms with E-state index in [0.29, 0.717) is 6.41 Å². The topological polar surface area (TPSA) is 321 Å². The zero-order valence-corrected chi connectivity index (χ0v) is 41.7. The number of nitrogens with zero attached hydrogens (tertiary/aromatic N) is 27. The lowest BCUT2D eigenvalue weighted by atomic mass is 10.2. The van der Waals surface area contributed by atoms with Gasteiger partial charge in [0, 0.05) is 0 Å². The highest BCUT2D eigenvalue weighted by atomic mass is 16.3. The van der Waals surface area contributed by atoms with E-state index in [1.165, 1.54) is 123 Å². The second kappa shape index (κ2) is 12.6. The van der Waals surface area contributed by atoms with Crippen molar-refractivity contribution in [3.8, 4) is 0 Å². The molecule has 21 saturated heterocycles. The maximum absolute atomic E-state index is 15.5. The summed E-state index contributed by atoms with van der Waals surface area (Å²) in [6.45, 7) is -5.52. The molecular formula is C40H42N28O13. The van der Waals surface area contributed by atoms with Crippen molar-refractivity contribution in [2.45, 2.75) is 86.3 Å². The smallest absolute Gasteiger partial charge is 0.303 e. The van der Waals surface area contributed by atoms with Crippen LogP contribution in [0.4, 0.5) is 57.5 Å². The predicted molar refractivity (Wildman–Crippen MR) is 240 cm³/mol. The van der Waals surface area contributed by atoms with Gasteiger partial charge in [-0.3, -0.25) is 118 Å². The molecule has 14 bridgehead atoms. The molecule has 21 aliphatic heterocycles. The third-order valence-corrected chi connectivity index (χ3v) is 21.0. The van der Waals surface area contributed by atoms with Gasteiger partial charge >= 0.3 is 72.4 Å². The summed E-state index contributed by atoms with van der Waals surface area (Å²) in [5.41, 5.74) is 0. The molecule has 21 heterocycles. The van der Waals surface area contributed by atoms with E-state index >= 15 is 57.5 Å². The number of amides is 25. The minimum absolute atomic E-state index is 0.231. The van der Waals surface area contributed by atoms with E-state index in [4.69, 9.17) is 0 Å². The molecule has 0 aromatic heterocycles. The average Bonchev–Trinajstić information content (AvgIpc) is 2.43. The first kappa shape index (κ1) is 42.5. The van der Waals surface area contributed by atoms with Crippen molar-refractivity contribution in [1.82, 2.24) is 138 Å². The highest BCUT2D eigenvalue weighted by Crippen LogP contribution is 2.53. The normalized spacial score (nSPS) is 41.0. The van der Waals surface area contributed by atoms with Gasteiger partial charge in [-0.05, 0) is 0 Å². The van der Waals surface area contributed by atoms with Crippen molar-refractivity contribution >= 4 is 78.8 Å². The average molecular weight is 1120 g/mol. The number of rotatable bonds is 1. The summed E-state index contributed by atoms with van der Waals surface area (Å²) >= 11 is 0. The van der Waals surface area contributed by atoms with Crippen molar-refractivity contribution in [1.29, 1.82) is 0 Å². The standard InChI is InChI=1S/C40H42N28O13/c69-14-42-2-45-19-20-51(31(45)72)7-55-23-24-59(36(55)77)11-62-26-28-66-13-64-27-25-60(38(64)79)9-56-22-21-52(35(76)58(22)10-61(25)39(80)67(27)68(28)40(62)81)5-48-18-17-43(29(48)70)1-41-15-16(42)46(30(71)44(15)3-47(17)32(73)50(18)6-54(21)34(56)75)4-49(19)33(74)53(20)8-57(23)37(78)63(24)12-65(26)66/h14-28,41H,1-13H2/t15?,16?,17?,18?,19-,20+,21?,22?,23-,24+,25?,26-,27?,28?/m1/s1. The molecule has 81 heavy (non-hydrogen) atoms. The Labute approximate surface area is 451 Å². The fraction of sp³-hybridized carbons (Fsp3) is 0.675. The van der Waals surface area contributed by atoms with Crippen LogP contribution in [0.1, 0.15) is 0 Å². The fourth-order valence-corrected chi connectivity index (χ4v) is 17.8. The van der Waals surface area contributed by atoms with Crippen LogP contribution >= 0.6 is 0 Å². The van der Waals surface area contributed by atoms with Crippen molar-refractivity contribution in [2.24, 2.45) is 0 Å². The van der Waals surface area contributed by atoms with Crippen molar-refractivity contribution in [2.75, 3.05) is 86.7 Å². The van der Waals surface area contributed by atoms with Gasteiger partial charge in [-0.15, -0.1) is 0 Å². The maximum Gasteiger partial charge on any atom is 0.344 e. The number of urea groups is 12. The van der Waals surface area contributed by atoms with E-state index in [1.54, 1.807) is 10.0 Å².